The Balaban J connectivity index is 1.42. The van der Waals surface area contributed by atoms with Crippen LogP contribution >= 0.6 is 0 Å². The van der Waals surface area contributed by atoms with Crippen molar-refractivity contribution >= 4 is 11.8 Å². The number of rotatable bonds is 4. The van der Waals surface area contributed by atoms with Gasteiger partial charge in [0.2, 0.25) is 11.8 Å². The number of amides is 2. The van der Waals surface area contributed by atoms with Crippen molar-refractivity contribution in [2.75, 3.05) is 32.7 Å². The lowest BCUT2D eigenvalue weighted by Crippen LogP contribution is -2.50. The minimum absolute atomic E-state index is 0.0900. The number of piperidine rings is 1. The molecule has 0 aromatic heterocycles. The van der Waals surface area contributed by atoms with Crippen LogP contribution in [0.2, 0.25) is 0 Å². The first-order chi connectivity index (χ1) is 11.6. The van der Waals surface area contributed by atoms with Crippen molar-refractivity contribution in [3.05, 3.63) is 0 Å². The van der Waals surface area contributed by atoms with Crippen molar-refractivity contribution in [1.82, 2.24) is 15.5 Å². The molecule has 24 heavy (non-hydrogen) atoms. The maximum absolute atomic E-state index is 12.5. The van der Waals surface area contributed by atoms with Gasteiger partial charge in [0, 0.05) is 31.0 Å². The zero-order valence-electron chi connectivity index (χ0n) is 15.1. The molecule has 5 heteroatoms. The van der Waals surface area contributed by atoms with Crippen molar-refractivity contribution in [3.63, 3.8) is 0 Å². The fraction of sp³-hybridized carbons (Fsp3) is 0.895. The van der Waals surface area contributed by atoms with Gasteiger partial charge in [-0.3, -0.25) is 9.59 Å². The number of hydrogen-bond donors (Lipinski definition) is 2. The molecule has 0 aromatic carbocycles. The van der Waals surface area contributed by atoms with Crippen molar-refractivity contribution < 1.29 is 9.59 Å². The van der Waals surface area contributed by atoms with E-state index in [-0.39, 0.29) is 29.7 Å². The highest BCUT2D eigenvalue weighted by molar-refractivity contribution is 5.86. The van der Waals surface area contributed by atoms with Gasteiger partial charge in [0.05, 0.1) is 6.54 Å². The summed E-state index contributed by atoms with van der Waals surface area (Å²) in [6.07, 6.45) is 8.98. The number of hydrogen-bond acceptors (Lipinski definition) is 3. The average Bonchev–Trinajstić information content (AvgIpc) is 3.07. The average molecular weight is 335 g/mol. The number of likely N-dealkylation sites (tertiary alicyclic amines) is 1. The Morgan fingerprint density at radius 1 is 1.21 bits per heavy atom. The Hall–Kier alpha value is -1.10. The summed E-state index contributed by atoms with van der Waals surface area (Å²) >= 11 is 0. The molecular formula is C19H33N3O2. The second kappa shape index (κ2) is 7.85. The first kappa shape index (κ1) is 17.7. The molecule has 2 N–H and O–H groups in total. The first-order valence-corrected chi connectivity index (χ1v) is 9.88. The quantitative estimate of drug-likeness (QED) is 0.825. The van der Waals surface area contributed by atoms with Crippen LogP contribution in [0.1, 0.15) is 58.3 Å². The number of carbonyl (C=O) groups is 2. The van der Waals surface area contributed by atoms with E-state index in [1.54, 1.807) is 0 Å². The highest BCUT2D eigenvalue weighted by Gasteiger charge is 2.39. The van der Waals surface area contributed by atoms with Crippen LogP contribution in [0.5, 0.6) is 0 Å². The van der Waals surface area contributed by atoms with Gasteiger partial charge >= 0.3 is 0 Å². The summed E-state index contributed by atoms with van der Waals surface area (Å²) in [6.45, 7) is 6.21. The van der Waals surface area contributed by atoms with Gasteiger partial charge in [0.15, 0.2) is 0 Å². The zero-order chi connectivity index (χ0) is 17.0. The van der Waals surface area contributed by atoms with E-state index in [9.17, 15) is 9.59 Å². The highest BCUT2D eigenvalue weighted by Crippen LogP contribution is 2.35. The smallest absolute Gasteiger partial charge is 0.241 e. The second-order valence-electron chi connectivity index (χ2n) is 8.19. The Morgan fingerprint density at radius 2 is 2.00 bits per heavy atom. The van der Waals surface area contributed by atoms with E-state index in [2.05, 4.69) is 17.6 Å². The Kier molecular flexibility index (Phi) is 5.80. The van der Waals surface area contributed by atoms with Crippen LogP contribution in [0.25, 0.3) is 0 Å². The summed E-state index contributed by atoms with van der Waals surface area (Å²) in [5, 5.41) is 6.35. The monoisotopic (exact) mass is 335 g/mol. The van der Waals surface area contributed by atoms with Gasteiger partial charge in [-0.2, -0.15) is 0 Å². The minimum Gasteiger partial charge on any atom is -0.347 e. The standard InChI is InChI=1S/C19H33N3O2/c1-2-15-4-6-16(7-5-15)18(24)21-12-17(23)22-11-3-8-19(14-22)9-10-20-13-19/h15-16,20H,2-14H2,1H3,(H,21,24)/t15?,16?,19-/m0/s1. The lowest BCUT2D eigenvalue weighted by molar-refractivity contribution is -0.136. The van der Waals surface area contributed by atoms with Crippen LogP contribution in [0.3, 0.4) is 0 Å². The van der Waals surface area contributed by atoms with Gasteiger partial charge in [-0.05, 0) is 57.4 Å². The molecule has 2 saturated heterocycles. The van der Waals surface area contributed by atoms with E-state index in [0.29, 0.717) is 0 Å². The van der Waals surface area contributed by atoms with Gasteiger partial charge in [-0.15, -0.1) is 0 Å². The summed E-state index contributed by atoms with van der Waals surface area (Å²) < 4.78 is 0. The molecule has 0 bridgehead atoms. The molecule has 0 radical (unpaired) electrons. The lowest BCUT2D eigenvalue weighted by atomic mass is 9.79. The van der Waals surface area contributed by atoms with E-state index in [0.717, 1.165) is 64.2 Å². The predicted molar refractivity (Wildman–Crippen MR) is 94.5 cm³/mol. The normalized spacial score (nSPS) is 33.6. The fourth-order valence-corrected chi connectivity index (χ4v) is 4.82. The third-order valence-corrected chi connectivity index (χ3v) is 6.55. The van der Waals surface area contributed by atoms with Gasteiger partial charge in [0.1, 0.15) is 0 Å². The van der Waals surface area contributed by atoms with Crippen molar-refractivity contribution in [1.29, 1.82) is 0 Å². The molecule has 3 aliphatic rings. The number of nitrogens with one attached hydrogen (secondary N) is 2. The zero-order valence-corrected chi connectivity index (χ0v) is 15.1. The Bertz CT molecular complexity index is 452. The van der Waals surface area contributed by atoms with Crippen molar-refractivity contribution in [3.8, 4) is 0 Å². The van der Waals surface area contributed by atoms with Crippen LogP contribution in [0.15, 0.2) is 0 Å². The predicted octanol–water partition coefficient (Wildman–Crippen LogP) is 1.92. The van der Waals surface area contributed by atoms with Crippen molar-refractivity contribution in [2.24, 2.45) is 17.3 Å². The SMILES string of the molecule is CCC1CCC(C(=O)NCC(=O)N2CCC[C@@]3(CCNC3)C2)CC1. The summed E-state index contributed by atoms with van der Waals surface area (Å²) in [5.41, 5.74) is 0.288. The van der Waals surface area contributed by atoms with Gasteiger partial charge in [-0.1, -0.05) is 13.3 Å². The Morgan fingerprint density at radius 3 is 2.67 bits per heavy atom. The summed E-state index contributed by atoms with van der Waals surface area (Å²) in [7, 11) is 0. The van der Waals surface area contributed by atoms with Gasteiger partial charge in [0.25, 0.3) is 0 Å². The van der Waals surface area contributed by atoms with Crippen LogP contribution in [0, 0.1) is 17.3 Å². The van der Waals surface area contributed by atoms with E-state index in [1.807, 2.05) is 4.90 Å². The molecular weight excluding hydrogens is 302 g/mol. The number of carbonyl (C=O) groups excluding carboxylic acids is 2. The molecule has 0 aromatic rings. The molecule has 1 spiro atoms. The molecule has 1 saturated carbocycles. The summed E-state index contributed by atoms with van der Waals surface area (Å²) in [6, 6.07) is 0. The summed E-state index contributed by atoms with van der Waals surface area (Å²) in [4.78, 5) is 26.8. The number of nitrogens with zero attached hydrogens (tertiary/aromatic N) is 1. The molecule has 0 unspecified atom stereocenters. The minimum atomic E-state index is 0.0900. The molecule has 2 amide bonds. The highest BCUT2D eigenvalue weighted by atomic mass is 16.2. The maximum Gasteiger partial charge on any atom is 0.241 e. The molecule has 3 rings (SSSR count). The van der Waals surface area contributed by atoms with E-state index in [4.69, 9.17) is 0 Å². The van der Waals surface area contributed by atoms with E-state index < -0.39 is 0 Å². The fourth-order valence-electron chi connectivity index (χ4n) is 4.82. The lowest BCUT2D eigenvalue weighted by Gasteiger charge is -2.40. The third kappa shape index (κ3) is 4.11. The molecule has 5 nitrogen and oxygen atoms in total. The molecule has 1 atom stereocenters. The molecule has 3 fully saturated rings. The first-order valence-electron chi connectivity index (χ1n) is 9.88. The maximum atomic E-state index is 12.5. The molecule has 1 aliphatic carbocycles. The molecule has 2 heterocycles. The third-order valence-electron chi connectivity index (χ3n) is 6.55. The van der Waals surface area contributed by atoms with Gasteiger partial charge in [-0.25, -0.2) is 0 Å². The largest absolute Gasteiger partial charge is 0.347 e. The van der Waals surface area contributed by atoms with Gasteiger partial charge < -0.3 is 15.5 Å². The van der Waals surface area contributed by atoms with Crippen LogP contribution < -0.4 is 10.6 Å². The Labute approximate surface area is 145 Å². The molecule has 2 aliphatic heterocycles. The van der Waals surface area contributed by atoms with Crippen molar-refractivity contribution in [2.45, 2.75) is 58.3 Å². The van der Waals surface area contributed by atoms with Crippen LogP contribution in [-0.4, -0.2) is 49.4 Å². The topological polar surface area (TPSA) is 61.4 Å². The summed E-state index contributed by atoms with van der Waals surface area (Å²) in [5.74, 6) is 1.09. The second-order valence-corrected chi connectivity index (χ2v) is 8.19. The van der Waals surface area contributed by atoms with E-state index >= 15 is 0 Å². The van der Waals surface area contributed by atoms with Crippen LogP contribution in [-0.2, 0) is 9.59 Å². The van der Waals surface area contributed by atoms with E-state index in [1.165, 1.54) is 19.3 Å². The molecule has 136 valence electrons. The van der Waals surface area contributed by atoms with Crippen LogP contribution in [0.4, 0.5) is 0 Å².